The highest BCUT2D eigenvalue weighted by Crippen LogP contribution is 2.21. The summed E-state index contributed by atoms with van der Waals surface area (Å²) in [5.74, 6) is -1.47. The SMILES string of the molecule is CNCC(C)C(=O)Nc1cc([N+](=O)[O-])ccc1F. The Bertz CT molecular complexity index is 465. The number of nitrogens with one attached hydrogen (secondary N) is 2. The Labute approximate surface area is 103 Å². The number of anilines is 1. The van der Waals surface area contributed by atoms with E-state index in [1.807, 2.05) is 0 Å². The van der Waals surface area contributed by atoms with Gasteiger partial charge in [-0.25, -0.2) is 4.39 Å². The fraction of sp³-hybridized carbons (Fsp3) is 0.364. The van der Waals surface area contributed by atoms with Crippen LogP contribution in [0.2, 0.25) is 0 Å². The van der Waals surface area contributed by atoms with Gasteiger partial charge in [0.15, 0.2) is 0 Å². The maximum Gasteiger partial charge on any atom is 0.271 e. The standard InChI is InChI=1S/C11H14FN3O3/c1-7(6-13-2)11(16)14-10-5-8(15(17)18)3-4-9(10)12/h3-5,7,13H,6H2,1-2H3,(H,14,16). The maximum atomic E-state index is 13.4. The average Bonchev–Trinajstić information content (AvgIpc) is 2.31. The molecule has 1 unspecified atom stereocenters. The van der Waals surface area contributed by atoms with E-state index in [0.29, 0.717) is 6.54 Å². The number of nitrogens with zero attached hydrogens (tertiary/aromatic N) is 1. The lowest BCUT2D eigenvalue weighted by Gasteiger charge is -2.11. The summed E-state index contributed by atoms with van der Waals surface area (Å²) in [7, 11) is 1.69. The minimum atomic E-state index is -0.703. The quantitative estimate of drug-likeness (QED) is 0.617. The highest BCUT2D eigenvalue weighted by atomic mass is 19.1. The highest BCUT2D eigenvalue weighted by molar-refractivity contribution is 5.92. The van der Waals surface area contributed by atoms with Gasteiger partial charge in [-0.3, -0.25) is 14.9 Å². The molecule has 0 saturated heterocycles. The number of nitro groups is 1. The minimum Gasteiger partial charge on any atom is -0.323 e. The molecule has 18 heavy (non-hydrogen) atoms. The van der Waals surface area contributed by atoms with Gasteiger partial charge in [0.2, 0.25) is 5.91 Å². The molecule has 0 bridgehead atoms. The first-order valence-electron chi connectivity index (χ1n) is 5.35. The van der Waals surface area contributed by atoms with Crippen molar-refractivity contribution < 1.29 is 14.1 Å². The molecule has 0 aromatic heterocycles. The molecule has 0 aliphatic carbocycles. The fourth-order valence-corrected chi connectivity index (χ4v) is 1.38. The highest BCUT2D eigenvalue weighted by Gasteiger charge is 2.16. The number of hydrogen-bond acceptors (Lipinski definition) is 4. The molecule has 2 N–H and O–H groups in total. The fourth-order valence-electron chi connectivity index (χ4n) is 1.38. The smallest absolute Gasteiger partial charge is 0.271 e. The van der Waals surface area contributed by atoms with Crippen LogP contribution in [0.1, 0.15) is 6.92 Å². The molecule has 0 radical (unpaired) electrons. The van der Waals surface area contributed by atoms with Gasteiger partial charge in [-0.1, -0.05) is 6.92 Å². The first-order valence-corrected chi connectivity index (χ1v) is 5.35. The predicted octanol–water partition coefficient (Wildman–Crippen LogP) is 1.53. The molecule has 0 aliphatic heterocycles. The Kier molecular flexibility index (Phi) is 4.73. The Morgan fingerprint density at radius 1 is 1.56 bits per heavy atom. The molecule has 6 nitrogen and oxygen atoms in total. The molecule has 0 aliphatic rings. The van der Waals surface area contributed by atoms with Crippen molar-refractivity contribution in [3.63, 3.8) is 0 Å². The van der Waals surface area contributed by atoms with E-state index in [1.165, 1.54) is 0 Å². The maximum absolute atomic E-state index is 13.4. The van der Waals surface area contributed by atoms with E-state index in [2.05, 4.69) is 10.6 Å². The van der Waals surface area contributed by atoms with Crippen LogP contribution in [-0.4, -0.2) is 24.4 Å². The van der Waals surface area contributed by atoms with Crippen molar-refractivity contribution in [3.8, 4) is 0 Å². The molecule has 1 aromatic carbocycles. The van der Waals surface area contributed by atoms with Gasteiger partial charge in [-0.05, 0) is 13.1 Å². The van der Waals surface area contributed by atoms with Crippen molar-refractivity contribution in [3.05, 3.63) is 34.1 Å². The van der Waals surface area contributed by atoms with E-state index < -0.39 is 16.6 Å². The number of halogens is 1. The monoisotopic (exact) mass is 255 g/mol. The third-order valence-corrected chi connectivity index (χ3v) is 2.38. The Balaban J connectivity index is 2.86. The number of hydrogen-bond donors (Lipinski definition) is 2. The van der Waals surface area contributed by atoms with E-state index in [9.17, 15) is 19.3 Å². The number of carbonyl (C=O) groups excluding carboxylic acids is 1. The topological polar surface area (TPSA) is 84.3 Å². The van der Waals surface area contributed by atoms with Crippen molar-refractivity contribution in [1.82, 2.24) is 5.32 Å². The summed E-state index contributed by atoms with van der Waals surface area (Å²) >= 11 is 0. The third kappa shape index (κ3) is 3.49. The van der Waals surface area contributed by atoms with E-state index in [4.69, 9.17) is 0 Å². The Morgan fingerprint density at radius 2 is 2.22 bits per heavy atom. The molecular weight excluding hydrogens is 241 g/mol. The summed E-state index contributed by atoms with van der Waals surface area (Å²) in [6.45, 7) is 2.10. The van der Waals surface area contributed by atoms with E-state index in [-0.39, 0.29) is 17.3 Å². The summed E-state index contributed by atoms with van der Waals surface area (Å²) in [4.78, 5) is 21.5. The lowest BCUT2D eigenvalue weighted by Crippen LogP contribution is -2.28. The molecule has 1 rings (SSSR count). The zero-order chi connectivity index (χ0) is 13.7. The third-order valence-electron chi connectivity index (χ3n) is 2.38. The van der Waals surface area contributed by atoms with Gasteiger partial charge in [0.25, 0.3) is 5.69 Å². The number of amides is 1. The van der Waals surface area contributed by atoms with Gasteiger partial charge in [0.1, 0.15) is 5.82 Å². The van der Waals surface area contributed by atoms with Crippen LogP contribution in [0.15, 0.2) is 18.2 Å². The van der Waals surface area contributed by atoms with Gasteiger partial charge in [-0.2, -0.15) is 0 Å². The summed E-state index contributed by atoms with van der Waals surface area (Å²) in [6.07, 6.45) is 0. The van der Waals surface area contributed by atoms with Crippen molar-refractivity contribution >= 4 is 17.3 Å². The summed E-state index contributed by atoms with van der Waals surface area (Å²) in [5, 5.41) is 15.7. The largest absolute Gasteiger partial charge is 0.323 e. The molecule has 0 spiro atoms. The van der Waals surface area contributed by atoms with Crippen LogP contribution in [0.25, 0.3) is 0 Å². The predicted molar refractivity (Wildman–Crippen MR) is 64.8 cm³/mol. The normalized spacial score (nSPS) is 11.9. The molecule has 1 aromatic rings. The summed E-state index contributed by atoms with van der Waals surface area (Å²) in [6, 6.07) is 3.00. The van der Waals surface area contributed by atoms with Gasteiger partial charge in [0, 0.05) is 24.6 Å². The van der Waals surface area contributed by atoms with Crippen molar-refractivity contribution in [2.75, 3.05) is 18.9 Å². The van der Waals surface area contributed by atoms with E-state index in [0.717, 1.165) is 18.2 Å². The van der Waals surface area contributed by atoms with Gasteiger partial charge in [-0.15, -0.1) is 0 Å². The molecule has 7 heteroatoms. The Hall–Kier alpha value is -2.02. The molecule has 1 amide bonds. The van der Waals surface area contributed by atoms with E-state index >= 15 is 0 Å². The van der Waals surface area contributed by atoms with Crippen LogP contribution < -0.4 is 10.6 Å². The second kappa shape index (κ2) is 6.06. The first-order chi connectivity index (χ1) is 8.45. The van der Waals surface area contributed by atoms with Crippen LogP contribution >= 0.6 is 0 Å². The Morgan fingerprint density at radius 3 is 2.78 bits per heavy atom. The zero-order valence-electron chi connectivity index (χ0n) is 10.1. The van der Waals surface area contributed by atoms with Crippen LogP contribution in [0, 0.1) is 21.8 Å². The van der Waals surface area contributed by atoms with Crippen LogP contribution in [0.3, 0.4) is 0 Å². The lowest BCUT2D eigenvalue weighted by atomic mass is 10.1. The minimum absolute atomic E-state index is 0.183. The molecule has 1 atom stereocenters. The molecule has 0 fully saturated rings. The van der Waals surface area contributed by atoms with Crippen molar-refractivity contribution in [1.29, 1.82) is 0 Å². The van der Waals surface area contributed by atoms with Crippen molar-refractivity contribution in [2.45, 2.75) is 6.92 Å². The molecule has 0 heterocycles. The number of non-ortho nitro benzene ring substituents is 1. The van der Waals surface area contributed by atoms with Gasteiger partial charge in [0.05, 0.1) is 10.6 Å². The second-order valence-corrected chi connectivity index (χ2v) is 3.87. The summed E-state index contributed by atoms with van der Waals surface area (Å²) < 4.78 is 13.4. The van der Waals surface area contributed by atoms with Crippen LogP contribution in [0.5, 0.6) is 0 Å². The number of carbonyl (C=O) groups is 1. The second-order valence-electron chi connectivity index (χ2n) is 3.87. The van der Waals surface area contributed by atoms with E-state index in [1.54, 1.807) is 14.0 Å². The molecule has 0 saturated carbocycles. The first kappa shape index (κ1) is 14.0. The zero-order valence-corrected chi connectivity index (χ0v) is 10.1. The van der Waals surface area contributed by atoms with Gasteiger partial charge >= 0.3 is 0 Å². The van der Waals surface area contributed by atoms with Gasteiger partial charge < -0.3 is 10.6 Å². The molecule has 98 valence electrons. The average molecular weight is 255 g/mol. The van der Waals surface area contributed by atoms with Crippen molar-refractivity contribution in [2.24, 2.45) is 5.92 Å². The molecular formula is C11H14FN3O3. The number of benzene rings is 1. The summed E-state index contributed by atoms with van der Waals surface area (Å²) in [5.41, 5.74) is -0.454. The lowest BCUT2D eigenvalue weighted by molar-refractivity contribution is -0.384. The number of nitro benzene ring substituents is 1. The van der Waals surface area contributed by atoms with Crippen LogP contribution in [0.4, 0.5) is 15.8 Å². The van der Waals surface area contributed by atoms with Crippen LogP contribution in [-0.2, 0) is 4.79 Å². The number of rotatable bonds is 5.